The van der Waals surface area contributed by atoms with E-state index >= 15 is 0 Å². The van der Waals surface area contributed by atoms with Crippen molar-refractivity contribution in [2.24, 2.45) is 11.7 Å². The summed E-state index contributed by atoms with van der Waals surface area (Å²) in [6.07, 6.45) is 2.87. The predicted molar refractivity (Wildman–Crippen MR) is 85.4 cm³/mol. The fraction of sp³-hybridized carbons (Fsp3) is 0.625. The molecule has 0 amide bonds. The lowest BCUT2D eigenvalue weighted by molar-refractivity contribution is 0.248. The largest absolute Gasteiger partial charge is 0.368 e. The fourth-order valence-electron chi connectivity index (χ4n) is 2.90. The van der Waals surface area contributed by atoms with Crippen molar-refractivity contribution in [1.29, 1.82) is 0 Å². The van der Waals surface area contributed by atoms with E-state index in [1.54, 1.807) is 0 Å². The molecule has 20 heavy (non-hydrogen) atoms. The van der Waals surface area contributed by atoms with Gasteiger partial charge in [0.05, 0.1) is 10.7 Å². The molecule has 1 aromatic carbocycles. The second-order valence-corrected chi connectivity index (χ2v) is 6.64. The van der Waals surface area contributed by atoms with Crippen LogP contribution in [0.25, 0.3) is 0 Å². The smallest absolute Gasteiger partial charge is 0.0642 e. The number of nitrogens with zero attached hydrogens (tertiary/aromatic N) is 2. The average molecular weight is 294 g/mol. The van der Waals surface area contributed by atoms with Crippen LogP contribution in [0.3, 0.4) is 0 Å². The maximum Gasteiger partial charge on any atom is 0.0642 e. The minimum atomic E-state index is 0.0388. The first-order valence-electron chi connectivity index (χ1n) is 7.66. The molecule has 2 fully saturated rings. The Bertz CT molecular complexity index is 463. The molecule has 1 saturated heterocycles. The number of hydrogen-bond acceptors (Lipinski definition) is 3. The van der Waals surface area contributed by atoms with Crippen molar-refractivity contribution in [3.63, 3.8) is 0 Å². The first-order chi connectivity index (χ1) is 9.63. The zero-order valence-corrected chi connectivity index (χ0v) is 12.9. The normalized spacial score (nSPS) is 22.1. The number of hydrogen-bond donors (Lipinski definition) is 1. The van der Waals surface area contributed by atoms with Gasteiger partial charge in [-0.25, -0.2) is 0 Å². The van der Waals surface area contributed by atoms with E-state index < -0.39 is 0 Å². The van der Waals surface area contributed by atoms with E-state index in [0.29, 0.717) is 0 Å². The third-order valence-corrected chi connectivity index (χ3v) is 4.73. The third-order valence-electron chi connectivity index (χ3n) is 4.42. The summed E-state index contributed by atoms with van der Waals surface area (Å²) in [6, 6.07) is 6.27. The molecule has 2 aliphatic rings. The van der Waals surface area contributed by atoms with Gasteiger partial charge in [0.25, 0.3) is 0 Å². The summed E-state index contributed by atoms with van der Waals surface area (Å²) in [5.41, 5.74) is 8.16. The molecule has 0 aromatic heterocycles. The van der Waals surface area contributed by atoms with Crippen molar-refractivity contribution >= 4 is 17.3 Å². The van der Waals surface area contributed by atoms with Crippen molar-refractivity contribution in [3.8, 4) is 0 Å². The van der Waals surface area contributed by atoms with Gasteiger partial charge in [-0.05, 0) is 43.4 Å². The quantitative estimate of drug-likeness (QED) is 0.926. The second-order valence-electron chi connectivity index (χ2n) is 6.23. The Balaban J connectivity index is 1.62. The van der Waals surface area contributed by atoms with Crippen molar-refractivity contribution in [2.75, 3.05) is 37.6 Å². The summed E-state index contributed by atoms with van der Waals surface area (Å²) in [5, 5.41) is 0.829. The van der Waals surface area contributed by atoms with E-state index in [0.717, 1.165) is 48.4 Å². The van der Waals surface area contributed by atoms with Crippen LogP contribution in [0.4, 0.5) is 5.69 Å². The fourth-order valence-corrected chi connectivity index (χ4v) is 3.21. The van der Waals surface area contributed by atoms with E-state index in [-0.39, 0.29) is 6.04 Å². The Morgan fingerprint density at radius 1 is 1.25 bits per heavy atom. The zero-order chi connectivity index (χ0) is 14.1. The molecule has 4 heteroatoms. The number of anilines is 1. The summed E-state index contributed by atoms with van der Waals surface area (Å²) in [6.45, 7) is 7.74. The number of halogens is 1. The molecule has 0 spiro atoms. The highest BCUT2D eigenvalue weighted by atomic mass is 35.5. The first kappa shape index (κ1) is 14.2. The molecule has 3 rings (SSSR count). The lowest BCUT2D eigenvalue weighted by atomic mass is 10.1. The van der Waals surface area contributed by atoms with Crippen molar-refractivity contribution < 1.29 is 0 Å². The summed E-state index contributed by atoms with van der Waals surface area (Å²) in [4.78, 5) is 5.00. The predicted octanol–water partition coefficient (Wildman–Crippen LogP) is 2.89. The van der Waals surface area contributed by atoms with Crippen LogP contribution in [-0.2, 0) is 0 Å². The van der Waals surface area contributed by atoms with Crippen LogP contribution in [0.15, 0.2) is 18.2 Å². The second kappa shape index (κ2) is 5.92. The van der Waals surface area contributed by atoms with E-state index in [4.69, 9.17) is 17.3 Å². The van der Waals surface area contributed by atoms with Crippen LogP contribution in [0.5, 0.6) is 0 Å². The first-order valence-corrected chi connectivity index (χ1v) is 8.03. The van der Waals surface area contributed by atoms with E-state index in [9.17, 15) is 0 Å². The van der Waals surface area contributed by atoms with E-state index in [1.807, 2.05) is 13.0 Å². The molecular formula is C16H24ClN3. The molecule has 0 radical (unpaired) electrons. The summed E-state index contributed by atoms with van der Waals surface area (Å²) >= 11 is 6.43. The van der Waals surface area contributed by atoms with Crippen molar-refractivity contribution in [3.05, 3.63) is 28.8 Å². The molecule has 1 aliphatic heterocycles. The molecule has 3 nitrogen and oxygen atoms in total. The maximum atomic E-state index is 6.43. The van der Waals surface area contributed by atoms with E-state index in [2.05, 4.69) is 21.9 Å². The molecule has 0 unspecified atom stereocenters. The lowest BCUT2D eigenvalue weighted by Crippen LogP contribution is -2.47. The van der Waals surface area contributed by atoms with Crippen molar-refractivity contribution in [2.45, 2.75) is 25.8 Å². The van der Waals surface area contributed by atoms with Gasteiger partial charge in [0.2, 0.25) is 0 Å². The topological polar surface area (TPSA) is 32.5 Å². The minimum Gasteiger partial charge on any atom is -0.368 e. The lowest BCUT2D eigenvalue weighted by Gasteiger charge is -2.36. The molecule has 110 valence electrons. The summed E-state index contributed by atoms with van der Waals surface area (Å²) in [5.74, 6) is 0.982. The molecule has 1 heterocycles. The number of nitrogens with two attached hydrogens (primary N) is 1. The molecule has 1 saturated carbocycles. The van der Waals surface area contributed by atoms with Gasteiger partial charge in [-0.2, -0.15) is 0 Å². The van der Waals surface area contributed by atoms with Crippen LogP contribution in [0, 0.1) is 5.92 Å². The van der Waals surface area contributed by atoms with Crippen LogP contribution in [0.1, 0.15) is 31.4 Å². The molecule has 2 N–H and O–H groups in total. The van der Waals surface area contributed by atoms with Gasteiger partial charge in [0.15, 0.2) is 0 Å². The highest BCUT2D eigenvalue weighted by Gasteiger charge is 2.26. The minimum absolute atomic E-state index is 0.0388. The SMILES string of the molecule is C[C@H](N)c1ccc(N2CCN(CC3CC3)CC2)c(Cl)c1. The molecule has 1 atom stereocenters. The summed E-state index contributed by atoms with van der Waals surface area (Å²) < 4.78 is 0. The number of rotatable bonds is 4. The highest BCUT2D eigenvalue weighted by Crippen LogP contribution is 2.32. The zero-order valence-electron chi connectivity index (χ0n) is 12.2. The maximum absolute atomic E-state index is 6.43. The van der Waals surface area contributed by atoms with Gasteiger partial charge in [-0.3, -0.25) is 4.90 Å². The van der Waals surface area contributed by atoms with Gasteiger partial charge in [0.1, 0.15) is 0 Å². The average Bonchev–Trinajstić information content (AvgIpc) is 3.24. The standard InChI is InChI=1S/C16H24ClN3/c1-12(18)14-4-5-16(15(17)10-14)20-8-6-19(7-9-20)11-13-2-3-13/h4-5,10,12-13H,2-3,6-9,11,18H2,1H3/t12-/m0/s1. The monoisotopic (exact) mass is 293 g/mol. The van der Waals surface area contributed by atoms with Crippen molar-refractivity contribution in [1.82, 2.24) is 4.90 Å². The van der Waals surface area contributed by atoms with Crippen LogP contribution >= 0.6 is 11.6 Å². The van der Waals surface area contributed by atoms with Gasteiger partial charge < -0.3 is 10.6 Å². The van der Waals surface area contributed by atoms with Gasteiger partial charge in [-0.1, -0.05) is 17.7 Å². The molecule has 0 bridgehead atoms. The van der Waals surface area contributed by atoms with Crippen LogP contribution < -0.4 is 10.6 Å². The van der Waals surface area contributed by atoms with Gasteiger partial charge >= 0.3 is 0 Å². The number of benzene rings is 1. The molecular weight excluding hydrogens is 270 g/mol. The third kappa shape index (κ3) is 3.27. The number of piperazine rings is 1. The highest BCUT2D eigenvalue weighted by molar-refractivity contribution is 6.33. The Hall–Kier alpha value is -0.770. The Labute approximate surface area is 126 Å². The Morgan fingerprint density at radius 2 is 1.95 bits per heavy atom. The summed E-state index contributed by atoms with van der Waals surface area (Å²) in [7, 11) is 0. The van der Waals surface area contributed by atoms with Crippen LogP contribution in [0.2, 0.25) is 5.02 Å². The van der Waals surface area contributed by atoms with Gasteiger partial charge in [0, 0.05) is 38.8 Å². The Kier molecular flexibility index (Phi) is 4.20. The Morgan fingerprint density at radius 3 is 2.50 bits per heavy atom. The van der Waals surface area contributed by atoms with Crippen LogP contribution in [-0.4, -0.2) is 37.6 Å². The van der Waals surface area contributed by atoms with E-state index in [1.165, 1.54) is 19.4 Å². The molecule has 1 aliphatic carbocycles. The molecule has 1 aromatic rings. The van der Waals surface area contributed by atoms with Gasteiger partial charge in [-0.15, -0.1) is 0 Å².